The first-order valence-corrected chi connectivity index (χ1v) is 6.11. The highest BCUT2D eigenvalue weighted by molar-refractivity contribution is 5.53. The molecule has 0 saturated carbocycles. The first-order chi connectivity index (χ1) is 8.91. The first-order valence-electron chi connectivity index (χ1n) is 6.11. The zero-order valence-electron chi connectivity index (χ0n) is 12.5. The SMILES string of the molecule is COc1cc(CNOC(C)(C)C)cc(OC)c1OC. The molecule has 0 saturated heterocycles. The van der Waals surface area contributed by atoms with E-state index in [1.165, 1.54) is 0 Å². The highest BCUT2D eigenvalue weighted by Gasteiger charge is 2.14. The number of benzene rings is 1. The maximum Gasteiger partial charge on any atom is 0.203 e. The minimum absolute atomic E-state index is 0.235. The number of rotatable bonds is 6. The van der Waals surface area contributed by atoms with Crippen LogP contribution >= 0.6 is 0 Å². The van der Waals surface area contributed by atoms with Crippen molar-refractivity contribution in [3.05, 3.63) is 17.7 Å². The van der Waals surface area contributed by atoms with Crippen LogP contribution in [0.3, 0.4) is 0 Å². The summed E-state index contributed by atoms with van der Waals surface area (Å²) in [6, 6.07) is 3.78. The Morgan fingerprint density at radius 2 is 1.47 bits per heavy atom. The van der Waals surface area contributed by atoms with E-state index in [1.54, 1.807) is 21.3 Å². The lowest BCUT2D eigenvalue weighted by Crippen LogP contribution is -2.28. The molecule has 1 aromatic carbocycles. The fourth-order valence-electron chi connectivity index (χ4n) is 1.57. The van der Waals surface area contributed by atoms with Gasteiger partial charge in [-0.15, -0.1) is 0 Å². The lowest BCUT2D eigenvalue weighted by atomic mass is 10.2. The summed E-state index contributed by atoms with van der Waals surface area (Å²) in [6.07, 6.45) is 0. The molecule has 0 heterocycles. The summed E-state index contributed by atoms with van der Waals surface area (Å²) >= 11 is 0. The van der Waals surface area contributed by atoms with Crippen molar-refractivity contribution in [2.75, 3.05) is 21.3 Å². The quantitative estimate of drug-likeness (QED) is 0.804. The average Bonchev–Trinajstić information content (AvgIpc) is 2.35. The summed E-state index contributed by atoms with van der Waals surface area (Å²) in [6.45, 7) is 6.49. The Balaban J connectivity index is 2.85. The van der Waals surface area contributed by atoms with E-state index < -0.39 is 0 Å². The number of ether oxygens (including phenoxy) is 3. The van der Waals surface area contributed by atoms with Crippen molar-refractivity contribution in [3.63, 3.8) is 0 Å². The molecule has 19 heavy (non-hydrogen) atoms. The third kappa shape index (κ3) is 4.61. The minimum atomic E-state index is -0.235. The van der Waals surface area contributed by atoms with Crippen LogP contribution in [-0.4, -0.2) is 26.9 Å². The fourth-order valence-corrected chi connectivity index (χ4v) is 1.57. The van der Waals surface area contributed by atoms with Crippen LogP contribution in [0.15, 0.2) is 12.1 Å². The molecule has 0 bridgehead atoms. The van der Waals surface area contributed by atoms with Crippen LogP contribution in [0, 0.1) is 0 Å². The third-order valence-corrected chi connectivity index (χ3v) is 2.38. The smallest absolute Gasteiger partial charge is 0.203 e. The summed E-state index contributed by atoms with van der Waals surface area (Å²) in [5.74, 6) is 1.86. The van der Waals surface area contributed by atoms with Gasteiger partial charge in [0.15, 0.2) is 11.5 Å². The highest BCUT2D eigenvalue weighted by atomic mass is 16.7. The van der Waals surface area contributed by atoms with E-state index in [4.69, 9.17) is 19.0 Å². The molecule has 5 heteroatoms. The molecule has 0 unspecified atom stereocenters. The Labute approximate surface area is 114 Å². The average molecular weight is 269 g/mol. The van der Waals surface area contributed by atoms with E-state index in [-0.39, 0.29) is 5.60 Å². The monoisotopic (exact) mass is 269 g/mol. The second-order valence-electron chi connectivity index (χ2n) is 5.07. The highest BCUT2D eigenvalue weighted by Crippen LogP contribution is 2.38. The van der Waals surface area contributed by atoms with Crippen LogP contribution in [0.5, 0.6) is 17.2 Å². The van der Waals surface area contributed by atoms with Gasteiger partial charge in [0.05, 0.1) is 26.9 Å². The van der Waals surface area contributed by atoms with Gasteiger partial charge in [-0.2, -0.15) is 5.48 Å². The van der Waals surface area contributed by atoms with Gasteiger partial charge in [-0.3, -0.25) is 4.84 Å². The Morgan fingerprint density at radius 1 is 0.947 bits per heavy atom. The number of hydrogen-bond acceptors (Lipinski definition) is 5. The molecule has 1 N–H and O–H groups in total. The van der Waals surface area contributed by atoms with Crippen LogP contribution in [-0.2, 0) is 11.4 Å². The van der Waals surface area contributed by atoms with E-state index in [9.17, 15) is 0 Å². The third-order valence-electron chi connectivity index (χ3n) is 2.38. The van der Waals surface area contributed by atoms with Gasteiger partial charge >= 0.3 is 0 Å². The molecular formula is C14H23NO4. The van der Waals surface area contributed by atoms with Gasteiger partial charge < -0.3 is 14.2 Å². The van der Waals surface area contributed by atoms with Crippen molar-refractivity contribution in [2.45, 2.75) is 32.9 Å². The summed E-state index contributed by atoms with van der Waals surface area (Å²) in [5.41, 5.74) is 3.68. The van der Waals surface area contributed by atoms with Gasteiger partial charge in [-0.1, -0.05) is 0 Å². The van der Waals surface area contributed by atoms with Gasteiger partial charge in [-0.05, 0) is 38.5 Å². The van der Waals surface area contributed by atoms with Crippen molar-refractivity contribution >= 4 is 0 Å². The van der Waals surface area contributed by atoms with Crippen LogP contribution < -0.4 is 19.7 Å². The normalized spacial score (nSPS) is 11.3. The summed E-state index contributed by atoms with van der Waals surface area (Å²) in [4.78, 5) is 5.47. The number of methoxy groups -OCH3 is 3. The van der Waals surface area contributed by atoms with E-state index in [2.05, 4.69) is 5.48 Å². The summed E-state index contributed by atoms with van der Waals surface area (Å²) in [5, 5.41) is 0. The molecule has 108 valence electrons. The zero-order valence-corrected chi connectivity index (χ0v) is 12.5. The van der Waals surface area contributed by atoms with Crippen molar-refractivity contribution in [2.24, 2.45) is 0 Å². The lowest BCUT2D eigenvalue weighted by molar-refractivity contribution is -0.0757. The second kappa shape index (κ2) is 6.63. The number of hydroxylamine groups is 1. The topological polar surface area (TPSA) is 49.0 Å². The predicted octanol–water partition coefficient (Wildman–Crippen LogP) is 2.53. The lowest BCUT2D eigenvalue weighted by Gasteiger charge is -2.20. The maximum atomic E-state index is 5.47. The molecule has 5 nitrogen and oxygen atoms in total. The molecule has 0 atom stereocenters. The van der Waals surface area contributed by atoms with Crippen molar-refractivity contribution in [1.82, 2.24) is 5.48 Å². The molecule has 1 rings (SSSR count). The van der Waals surface area contributed by atoms with Crippen LogP contribution in [0.1, 0.15) is 26.3 Å². The number of hydrogen-bond donors (Lipinski definition) is 1. The van der Waals surface area contributed by atoms with Crippen molar-refractivity contribution in [3.8, 4) is 17.2 Å². The molecular weight excluding hydrogens is 246 g/mol. The van der Waals surface area contributed by atoms with Crippen LogP contribution in [0.25, 0.3) is 0 Å². The molecule has 0 fully saturated rings. The van der Waals surface area contributed by atoms with Crippen molar-refractivity contribution < 1.29 is 19.0 Å². The molecule has 0 aromatic heterocycles. The van der Waals surface area contributed by atoms with Crippen LogP contribution in [0.2, 0.25) is 0 Å². The molecule has 1 aromatic rings. The molecule has 0 radical (unpaired) electrons. The Morgan fingerprint density at radius 3 is 1.84 bits per heavy atom. The minimum Gasteiger partial charge on any atom is -0.493 e. The van der Waals surface area contributed by atoms with Crippen LogP contribution in [0.4, 0.5) is 0 Å². The van der Waals surface area contributed by atoms with Crippen molar-refractivity contribution in [1.29, 1.82) is 0 Å². The van der Waals surface area contributed by atoms with E-state index >= 15 is 0 Å². The van der Waals surface area contributed by atoms with Gasteiger partial charge in [0.25, 0.3) is 0 Å². The molecule has 0 aliphatic heterocycles. The fraction of sp³-hybridized carbons (Fsp3) is 0.571. The molecule has 0 aliphatic rings. The van der Waals surface area contributed by atoms with Gasteiger partial charge in [-0.25, -0.2) is 0 Å². The number of nitrogens with one attached hydrogen (secondary N) is 1. The van der Waals surface area contributed by atoms with E-state index in [0.29, 0.717) is 23.8 Å². The predicted molar refractivity (Wildman–Crippen MR) is 73.8 cm³/mol. The Kier molecular flexibility index (Phi) is 5.44. The molecule has 0 amide bonds. The first kappa shape index (κ1) is 15.6. The van der Waals surface area contributed by atoms with E-state index in [1.807, 2.05) is 32.9 Å². The summed E-state index contributed by atoms with van der Waals surface area (Å²) in [7, 11) is 4.78. The molecule has 0 aliphatic carbocycles. The van der Waals surface area contributed by atoms with E-state index in [0.717, 1.165) is 5.56 Å². The zero-order chi connectivity index (χ0) is 14.5. The molecule has 0 spiro atoms. The standard InChI is InChI=1S/C14H23NO4/c1-14(2,3)19-15-9-10-7-11(16-4)13(18-6)12(8-10)17-5/h7-8,15H,9H2,1-6H3. The summed E-state index contributed by atoms with van der Waals surface area (Å²) < 4.78 is 15.9. The second-order valence-corrected chi connectivity index (χ2v) is 5.07. The van der Waals surface area contributed by atoms with Gasteiger partial charge in [0, 0.05) is 6.54 Å². The Bertz CT molecular complexity index is 387. The van der Waals surface area contributed by atoms with Gasteiger partial charge in [0.1, 0.15) is 0 Å². The maximum absolute atomic E-state index is 5.47. The Hall–Kier alpha value is -1.46. The largest absolute Gasteiger partial charge is 0.493 e. The van der Waals surface area contributed by atoms with Gasteiger partial charge in [0.2, 0.25) is 5.75 Å².